The minimum atomic E-state index is -0.261. The molecule has 0 saturated carbocycles. The molecule has 2 aromatic carbocycles. The molecule has 1 N–H and O–H groups in total. The molecular formula is C20H17ClN2O2. The predicted molar refractivity (Wildman–Crippen MR) is 99.2 cm³/mol. The molecule has 126 valence electrons. The number of aryl methyl sites for hydroxylation is 1. The van der Waals surface area contributed by atoms with Crippen LogP contribution in [0.4, 0.5) is 5.82 Å². The molecule has 0 saturated heterocycles. The van der Waals surface area contributed by atoms with Crippen molar-refractivity contribution in [1.82, 2.24) is 4.98 Å². The topological polar surface area (TPSA) is 51.2 Å². The van der Waals surface area contributed by atoms with Crippen molar-refractivity contribution in [2.75, 3.05) is 5.32 Å². The Labute approximate surface area is 151 Å². The zero-order valence-electron chi connectivity index (χ0n) is 13.7. The van der Waals surface area contributed by atoms with Crippen molar-refractivity contribution < 1.29 is 9.53 Å². The minimum absolute atomic E-state index is 0.261. The summed E-state index contributed by atoms with van der Waals surface area (Å²) in [4.78, 5) is 16.7. The van der Waals surface area contributed by atoms with Crippen molar-refractivity contribution in [3.8, 4) is 5.75 Å². The molecule has 1 amide bonds. The molecule has 0 unspecified atom stereocenters. The summed E-state index contributed by atoms with van der Waals surface area (Å²) in [5, 5.41) is 3.46. The van der Waals surface area contributed by atoms with Crippen LogP contribution in [0.3, 0.4) is 0 Å². The largest absolute Gasteiger partial charge is 0.488 e. The standard InChI is InChI=1S/C20H17ClN2O2/c1-14-6-11-19(22-12-14)23-20(24)17-4-2-3-5-18(17)25-13-15-7-9-16(21)10-8-15/h2-12H,13H2,1H3,(H,22,23,24). The van der Waals surface area contributed by atoms with Gasteiger partial charge in [-0.05, 0) is 48.4 Å². The molecule has 1 heterocycles. The summed E-state index contributed by atoms with van der Waals surface area (Å²) in [5.41, 5.74) is 2.46. The molecule has 0 fully saturated rings. The van der Waals surface area contributed by atoms with Crippen molar-refractivity contribution in [3.05, 3.63) is 88.6 Å². The summed E-state index contributed by atoms with van der Waals surface area (Å²) in [5.74, 6) is 0.758. The van der Waals surface area contributed by atoms with E-state index in [0.717, 1.165) is 11.1 Å². The number of carbonyl (C=O) groups excluding carboxylic acids is 1. The van der Waals surface area contributed by atoms with E-state index in [4.69, 9.17) is 16.3 Å². The lowest BCUT2D eigenvalue weighted by atomic mass is 10.2. The number of carbonyl (C=O) groups is 1. The molecule has 25 heavy (non-hydrogen) atoms. The highest BCUT2D eigenvalue weighted by molar-refractivity contribution is 6.30. The summed E-state index contributed by atoms with van der Waals surface area (Å²) in [7, 11) is 0. The van der Waals surface area contributed by atoms with Crippen LogP contribution in [0.1, 0.15) is 21.5 Å². The number of rotatable bonds is 5. The Morgan fingerprint density at radius 2 is 1.84 bits per heavy atom. The predicted octanol–water partition coefficient (Wildman–Crippen LogP) is 4.87. The number of para-hydroxylation sites is 1. The highest BCUT2D eigenvalue weighted by atomic mass is 35.5. The number of nitrogens with one attached hydrogen (secondary N) is 1. The summed E-state index contributed by atoms with van der Waals surface area (Å²) in [6, 6.07) is 18.2. The molecule has 0 bridgehead atoms. The molecule has 4 nitrogen and oxygen atoms in total. The smallest absolute Gasteiger partial charge is 0.260 e. The molecule has 0 aliphatic heterocycles. The number of benzene rings is 2. The van der Waals surface area contributed by atoms with Gasteiger partial charge in [0.05, 0.1) is 5.56 Å². The van der Waals surface area contributed by atoms with E-state index in [9.17, 15) is 4.79 Å². The zero-order valence-corrected chi connectivity index (χ0v) is 14.5. The monoisotopic (exact) mass is 352 g/mol. The first-order valence-electron chi connectivity index (χ1n) is 7.82. The van der Waals surface area contributed by atoms with Crippen molar-refractivity contribution in [1.29, 1.82) is 0 Å². The average molecular weight is 353 g/mol. The van der Waals surface area contributed by atoms with E-state index in [2.05, 4.69) is 10.3 Å². The van der Waals surface area contributed by atoms with Crippen molar-refractivity contribution in [2.45, 2.75) is 13.5 Å². The molecule has 5 heteroatoms. The van der Waals surface area contributed by atoms with Gasteiger partial charge in [-0.25, -0.2) is 4.98 Å². The molecule has 3 rings (SSSR count). The Balaban J connectivity index is 1.72. The highest BCUT2D eigenvalue weighted by Gasteiger charge is 2.13. The summed E-state index contributed by atoms with van der Waals surface area (Å²) < 4.78 is 5.82. The van der Waals surface area contributed by atoms with Crippen molar-refractivity contribution in [2.24, 2.45) is 0 Å². The average Bonchev–Trinajstić information content (AvgIpc) is 2.63. The number of pyridine rings is 1. The third-order valence-electron chi connectivity index (χ3n) is 3.59. The van der Waals surface area contributed by atoms with Crippen molar-refractivity contribution >= 4 is 23.3 Å². The molecule has 0 spiro atoms. The van der Waals surface area contributed by atoms with Crippen LogP contribution in [-0.4, -0.2) is 10.9 Å². The lowest BCUT2D eigenvalue weighted by Gasteiger charge is -2.11. The van der Waals surface area contributed by atoms with Gasteiger partial charge < -0.3 is 10.1 Å². The third-order valence-corrected chi connectivity index (χ3v) is 3.84. The van der Waals surface area contributed by atoms with Crippen LogP contribution in [0.15, 0.2) is 66.9 Å². The van der Waals surface area contributed by atoms with Gasteiger partial charge in [0.15, 0.2) is 0 Å². The first-order chi connectivity index (χ1) is 12.1. The fourth-order valence-corrected chi connectivity index (χ4v) is 2.37. The Bertz CT molecular complexity index is 862. The number of halogens is 1. The maximum absolute atomic E-state index is 12.5. The van der Waals surface area contributed by atoms with Gasteiger partial charge in [0, 0.05) is 11.2 Å². The quantitative estimate of drug-likeness (QED) is 0.712. The van der Waals surface area contributed by atoms with Crippen LogP contribution in [0.2, 0.25) is 5.02 Å². The molecule has 1 aromatic heterocycles. The van der Waals surface area contributed by atoms with Crippen LogP contribution >= 0.6 is 11.6 Å². The SMILES string of the molecule is Cc1ccc(NC(=O)c2ccccc2OCc2ccc(Cl)cc2)nc1. The number of hydrogen-bond donors (Lipinski definition) is 1. The molecule has 0 aliphatic rings. The Kier molecular flexibility index (Phi) is 5.31. The molecule has 0 atom stereocenters. The van der Waals surface area contributed by atoms with Crippen LogP contribution < -0.4 is 10.1 Å². The third kappa shape index (κ3) is 4.58. The van der Waals surface area contributed by atoms with E-state index in [1.54, 1.807) is 30.5 Å². The van der Waals surface area contributed by atoms with Gasteiger partial charge in [-0.3, -0.25) is 4.79 Å². The van der Waals surface area contributed by atoms with Gasteiger partial charge in [-0.15, -0.1) is 0 Å². The van der Waals surface area contributed by atoms with E-state index in [1.807, 2.05) is 43.3 Å². The van der Waals surface area contributed by atoms with Crippen LogP contribution in [0.25, 0.3) is 0 Å². The second kappa shape index (κ2) is 7.81. The Morgan fingerprint density at radius 1 is 1.08 bits per heavy atom. The number of amides is 1. The lowest BCUT2D eigenvalue weighted by molar-refractivity contribution is 0.102. The van der Waals surface area contributed by atoms with Crippen LogP contribution in [0, 0.1) is 6.92 Å². The van der Waals surface area contributed by atoms with Crippen LogP contribution in [-0.2, 0) is 6.61 Å². The highest BCUT2D eigenvalue weighted by Crippen LogP contribution is 2.21. The van der Waals surface area contributed by atoms with Crippen molar-refractivity contribution in [3.63, 3.8) is 0 Å². The van der Waals surface area contributed by atoms with E-state index >= 15 is 0 Å². The van der Waals surface area contributed by atoms with Gasteiger partial charge in [-0.1, -0.05) is 41.9 Å². The zero-order chi connectivity index (χ0) is 17.6. The van der Waals surface area contributed by atoms with Gasteiger partial charge in [0.2, 0.25) is 0 Å². The van der Waals surface area contributed by atoms with Gasteiger partial charge in [0.1, 0.15) is 18.2 Å². The normalized spacial score (nSPS) is 10.3. The minimum Gasteiger partial charge on any atom is -0.488 e. The van der Waals surface area contributed by atoms with E-state index in [1.165, 1.54) is 0 Å². The number of anilines is 1. The second-order valence-electron chi connectivity index (χ2n) is 5.59. The maximum Gasteiger partial charge on any atom is 0.260 e. The number of ether oxygens (including phenoxy) is 1. The summed E-state index contributed by atoms with van der Waals surface area (Å²) in [6.07, 6.45) is 1.71. The van der Waals surface area contributed by atoms with Gasteiger partial charge >= 0.3 is 0 Å². The Morgan fingerprint density at radius 3 is 2.56 bits per heavy atom. The van der Waals surface area contributed by atoms with E-state index < -0.39 is 0 Å². The lowest BCUT2D eigenvalue weighted by Crippen LogP contribution is -2.14. The van der Waals surface area contributed by atoms with Crippen LogP contribution in [0.5, 0.6) is 5.75 Å². The molecular weight excluding hydrogens is 336 g/mol. The van der Waals surface area contributed by atoms with E-state index in [-0.39, 0.29) is 5.91 Å². The maximum atomic E-state index is 12.5. The summed E-state index contributed by atoms with van der Waals surface area (Å²) in [6.45, 7) is 2.29. The first-order valence-corrected chi connectivity index (χ1v) is 8.20. The number of hydrogen-bond acceptors (Lipinski definition) is 3. The van der Waals surface area contributed by atoms with Gasteiger partial charge in [0.25, 0.3) is 5.91 Å². The Hall–Kier alpha value is -2.85. The first kappa shape index (κ1) is 17.0. The molecule has 0 radical (unpaired) electrons. The van der Waals surface area contributed by atoms with E-state index in [0.29, 0.717) is 28.8 Å². The second-order valence-corrected chi connectivity index (χ2v) is 6.02. The fourth-order valence-electron chi connectivity index (χ4n) is 2.25. The van der Waals surface area contributed by atoms with Gasteiger partial charge in [-0.2, -0.15) is 0 Å². The summed E-state index contributed by atoms with van der Waals surface area (Å²) >= 11 is 5.88. The number of aromatic nitrogens is 1. The number of nitrogens with zero attached hydrogens (tertiary/aromatic N) is 1. The molecule has 3 aromatic rings. The fraction of sp³-hybridized carbons (Fsp3) is 0.100. The molecule has 0 aliphatic carbocycles.